The van der Waals surface area contributed by atoms with Gasteiger partial charge in [-0.3, -0.25) is 0 Å². The fourth-order valence-electron chi connectivity index (χ4n) is 3.61. The Morgan fingerprint density at radius 2 is 1.81 bits per heavy atom. The minimum atomic E-state index is -0.165. The van der Waals surface area contributed by atoms with Crippen LogP contribution >= 0.6 is 0 Å². The maximum atomic E-state index is 13.6. The van der Waals surface area contributed by atoms with Crippen LogP contribution in [0.1, 0.15) is 36.0 Å². The Morgan fingerprint density at radius 3 is 2.48 bits per heavy atom. The second-order valence-electron chi connectivity index (χ2n) is 6.19. The fourth-order valence-corrected chi connectivity index (χ4v) is 3.61. The molecule has 1 aliphatic carbocycles. The first-order valence-corrected chi connectivity index (χ1v) is 7.53. The van der Waals surface area contributed by atoms with E-state index in [4.69, 9.17) is 0 Å². The number of hydrogen-bond acceptors (Lipinski definition) is 0. The number of halogens is 1. The summed E-state index contributed by atoms with van der Waals surface area (Å²) in [4.78, 5) is 3.30. The van der Waals surface area contributed by atoms with Gasteiger partial charge in [-0.1, -0.05) is 36.2 Å². The highest BCUT2D eigenvalue weighted by atomic mass is 19.1. The van der Waals surface area contributed by atoms with Gasteiger partial charge >= 0.3 is 0 Å². The minimum absolute atomic E-state index is 0.0553. The summed E-state index contributed by atoms with van der Waals surface area (Å²) in [6, 6.07) is 13.8. The van der Waals surface area contributed by atoms with Crippen molar-refractivity contribution in [2.24, 2.45) is 0 Å². The number of fused-ring (bicyclic) bond motifs is 1. The van der Waals surface area contributed by atoms with E-state index in [1.54, 1.807) is 6.07 Å². The first-order valence-electron chi connectivity index (χ1n) is 7.53. The van der Waals surface area contributed by atoms with Gasteiger partial charge in [-0.2, -0.15) is 0 Å². The molecule has 0 spiro atoms. The topological polar surface area (TPSA) is 15.8 Å². The van der Waals surface area contributed by atoms with Crippen molar-refractivity contribution < 1.29 is 4.39 Å². The fraction of sp³-hybridized carbons (Fsp3) is 0.263. The molecule has 2 heteroatoms. The Labute approximate surface area is 123 Å². The van der Waals surface area contributed by atoms with Gasteiger partial charge in [-0.25, -0.2) is 4.39 Å². The first kappa shape index (κ1) is 12.6. The van der Waals surface area contributed by atoms with Gasteiger partial charge in [0.25, 0.3) is 0 Å². The molecule has 1 fully saturated rings. The summed E-state index contributed by atoms with van der Waals surface area (Å²) < 4.78 is 13.6. The van der Waals surface area contributed by atoms with E-state index in [9.17, 15) is 4.39 Å². The smallest absolute Gasteiger partial charge is 0.123 e. The SMILES string of the molecule is Cc1ccc(C2(c3c[nH]c4ccc(F)cc34)CCC2)cc1. The lowest BCUT2D eigenvalue weighted by atomic mass is 9.60. The molecule has 1 nitrogen and oxygen atoms in total. The van der Waals surface area contributed by atoms with Crippen LogP contribution in [0.25, 0.3) is 10.9 Å². The number of rotatable bonds is 2. The van der Waals surface area contributed by atoms with Crippen molar-refractivity contribution in [2.75, 3.05) is 0 Å². The van der Waals surface area contributed by atoms with E-state index in [0.717, 1.165) is 23.7 Å². The van der Waals surface area contributed by atoms with Crippen molar-refractivity contribution in [1.82, 2.24) is 4.98 Å². The van der Waals surface area contributed by atoms with E-state index in [0.29, 0.717) is 0 Å². The molecular weight excluding hydrogens is 261 g/mol. The van der Waals surface area contributed by atoms with E-state index < -0.39 is 0 Å². The van der Waals surface area contributed by atoms with E-state index in [-0.39, 0.29) is 11.2 Å². The summed E-state index contributed by atoms with van der Waals surface area (Å²) in [5, 5.41) is 1.02. The van der Waals surface area contributed by atoms with E-state index in [1.807, 2.05) is 6.07 Å². The van der Waals surface area contributed by atoms with Crippen LogP contribution in [0.2, 0.25) is 0 Å². The summed E-state index contributed by atoms with van der Waals surface area (Å²) in [7, 11) is 0. The van der Waals surface area contributed by atoms with Crippen molar-refractivity contribution in [3.8, 4) is 0 Å². The van der Waals surface area contributed by atoms with E-state index in [1.165, 1.54) is 29.2 Å². The van der Waals surface area contributed by atoms with Crippen molar-refractivity contribution >= 4 is 10.9 Å². The van der Waals surface area contributed by atoms with E-state index >= 15 is 0 Å². The summed E-state index contributed by atoms with van der Waals surface area (Å²) in [6.45, 7) is 2.11. The van der Waals surface area contributed by atoms with Crippen LogP contribution < -0.4 is 0 Å². The van der Waals surface area contributed by atoms with Crippen LogP contribution in [0, 0.1) is 12.7 Å². The number of benzene rings is 2. The molecule has 106 valence electrons. The molecule has 1 saturated carbocycles. The predicted molar refractivity (Wildman–Crippen MR) is 84.1 cm³/mol. The Bertz CT molecular complexity index is 794. The van der Waals surface area contributed by atoms with Gasteiger partial charge in [0.1, 0.15) is 5.82 Å². The predicted octanol–water partition coefficient (Wildman–Crippen LogP) is 5.09. The third-order valence-electron chi connectivity index (χ3n) is 4.97. The van der Waals surface area contributed by atoms with Crippen molar-refractivity contribution in [3.63, 3.8) is 0 Å². The lowest BCUT2D eigenvalue weighted by Gasteiger charge is -2.42. The van der Waals surface area contributed by atoms with Crippen LogP contribution in [-0.2, 0) is 5.41 Å². The maximum Gasteiger partial charge on any atom is 0.123 e. The maximum absolute atomic E-state index is 13.6. The Balaban J connectivity index is 1.92. The zero-order chi connectivity index (χ0) is 14.4. The Morgan fingerprint density at radius 1 is 1.05 bits per heavy atom. The average molecular weight is 279 g/mol. The number of hydrogen-bond donors (Lipinski definition) is 1. The third-order valence-corrected chi connectivity index (χ3v) is 4.97. The summed E-state index contributed by atoms with van der Waals surface area (Å²) in [6.07, 6.45) is 5.58. The molecule has 0 amide bonds. The largest absolute Gasteiger partial charge is 0.361 e. The normalized spacial score (nSPS) is 16.9. The number of aryl methyl sites for hydroxylation is 1. The lowest BCUT2D eigenvalue weighted by Crippen LogP contribution is -2.35. The quantitative estimate of drug-likeness (QED) is 0.673. The van der Waals surface area contributed by atoms with E-state index in [2.05, 4.69) is 42.4 Å². The monoisotopic (exact) mass is 279 g/mol. The van der Waals surface area contributed by atoms with Gasteiger partial charge in [0, 0.05) is 22.5 Å². The van der Waals surface area contributed by atoms with Crippen LogP contribution in [0.5, 0.6) is 0 Å². The van der Waals surface area contributed by atoms with Crippen LogP contribution in [-0.4, -0.2) is 4.98 Å². The molecule has 0 aliphatic heterocycles. The molecular formula is C19H18FN. The molecule has 4 rings (SSSR count). The van der Waals surface area contributed by atoms with Gasteiger partial charge in [-0.15, -0.1) is 0 Å². The highest BCUT2D eigenvalue weighted by Crippen LogP contribution is 2.51. The summed E-state index contributed by atoms with van der Waals surface area (Å²) >= 11 is 0. The second kappa shape index (κ2) is 4.45. The number of aromatic amines is 1. The molecule has 0 saturated heterocycles. The average Bonchev–Trinajstić information content (AvgIpc) is 2.83. The molecule has 2 aromatic carbocycles. The van der Waals surface area contributed by atoms with Crippen molar-refractivity contribution in [3.05, 3.63) is 71.2 Å². The minimum Gasteiger partial charge on any atom is -0.361 e. The third kappa shape index (κ3) is 1.82. The van der Waals surface area contributed by atoms with Gasteiger partial charge < -0.3 is 4.98 Å². The molecule has 1 aliphatic rings. The molecule has 0 atom stereocenters. The highest BCUT2D eigenvalue weighted by Gasteiger charge is 2.41. The van der Waals surface area contributed by atoms with Crippen LogP contribution in [0.15, 0.2) is 48.7 Å². The molecule has 0 bridgehead atoms. The molecule has 3 aromatic rings. The Hall–Kier alpha value is -2.09. The number of aromatic nitrogens is 1. The van der Waals surface area contributed by atoms with Crippen LogP contribution in [0.4, 0.5) is 4.39 Å². The van der Waals surface area contributed by atoms with Gasteiger partial charge in [0.05, 0.1) is 0 Å². The lowest BCUT2D eigenvalue weighted by molar-refractivity contribution is 0.304. The van der Waals surface area contributed by atoms with Crippen molar-refractivity contribution in [1.29, 1.82) is 0 Å². The molecule has 0 unspecified atom stereocenters. The zero-order valence-corrected chi connectivity index (χ0v) is 12.1. The summed E-state index contributed by atoms with van der Waals surface area (Å²) in [5.74, 6) is -0.165. The van der Waals surface area contributed by atoms with Gasteiger partial charge in [-0.05, 0) is 49.1 Å². The second-order valence-corrected chi connectivity index (χ2v) is 6.19. The molecule has 1 aromatic heterocycles. The Kier molecular flexibility index (Phi) is 2.68. The molecule has 21 heavy (non-hydrogen) atoms. The van der Waals surface area contributed by atoms with Gasteiger partial charge in [0.2, 0.25) is 0 Å². The van der Waals surface area contributed by atoms with Crippen LogP contribution in [0.3, 0.4) is 0 Å². The zero-order valence-electron chi connectivity index (χ0n) is 12.1. The molecule has 0 radical (unpaired) electrons. The summed E-state index contributed by atoms with van der Waals surface area (Å²) in [5.41, 5.74) is 4.94. The van der Waals surface area contributed by atoms with Gasteiger partial charge in [0.15, 0.2) is 0 Å². The number of nitrogens with one attached hydrogen (secondary N) is 1. The van der Waals surface area contributed by atoms with Crippen molar-refractivity contribution in [2.45, 2.75) is 31.6 Å². The highest BCUT2D eigenvalue weighted by molar-refractivity contribution is 5.85. The molecule has 1 N–H and O–H groups in total. The number of H-pyrrole nitrogens is 1. The molecule has 1 heterocycles. The first-order chi connectivity index (χ1) is 10.2. The standard InChI is InChI=1S/C19H18FN/c1-13-3-5-14(6-4-13)19(9-2-10-19)17-12-21-18-8-7-15(20)11-16(17)18/h3-8,11-12,21H,2,9-10H2,1H3.